The fraction of sp³-hybridized carbons (Fsp3) is 0.250. The minimum absolute atomic E-state index is 0.191. The molecule has 1 aromatic carbocycles. The van der Waals surface area contributed by atoms with E-state index in [1.54, 1.807) is 12.4 Å². The summed E-state index contributed by atoms with van der Waals surface area (Å²) in [6, 6.07) is 11.9. The quantitative estimate of drug-likeness (QED) is 0.448. The van der Waals surface area contributed by atoms with E-state index in [2.05, 4.69) is 25.2 Å². The molecule has 0 radical (unpaired) electrons. The van der Waals surface area contributed by atoms with Crippen molar-refractivity contribution in [2.75, 3.05) is 50.7 Å². The lowest BCUT2D eigenvalue weighted by molar-refractivity contribution is 0.122. The molecule has 1 aliphatic rings. The third-order valence-corrected chi connectivity index (χ3v) is 5.64. The molecule has 0 atom stereocenters. The summed E-state index contributed by atoms with van der Waals surface area (Å²) in [5.41, 5.74) is 2.84. The van der Waals surface area contributed by atoms with Gasteiger partial charge in [-0.05, 0) is 41.8 Å². The van der Waals surface area contributed by atoms with Crippen LogP contribution in [0, 0.1) is 0 Å². The highest BCUT2D eigenvalue weighted by atomic mass is 16.5. The molecule has 0 bridgehead atoms. The van der Waals surface area contributed by atoms with Gasteiger partial charge >= 0.3 is 6.01 Å². The van der Waals surface area contributed by atoms with Crippen LogP contribution in [0.5, 0.6) is 11.9 Å². The number of morpholine rings is 1. The number of fused-ring (bicyclic) bond motifs is 1. The van der Waals surface area contributed by atoms with Gasteiger partial charge in [-0.15, -0.1) is 0 Å². The van der Waals surface area contributed by atoms with Gasteiger partial charge in [0.1, 0.15) is 5.82 Å². The maximum Gasteiger partial charge on any atom is 0.319 e. The molecule has 3 aromatic heterocycles. The number of anilines is 3. The molecule has 34 heavy (non-hydrogen) atoms. The fourth-order valence-electron chi connectivity index (χ4n) is 3.94. The van der Waals surface area contributed by atoms with E-state index in [-0.39, 0.29) is 11.6 Å². The highest BCUT2D eigenvalue weighted by Gasteiger charge is 2.17. The van der Waals surface area contributed by atoms with Crippen molar-refractivity contribution in [2.24, 2.45) is 0 Å². The van der Waals surface area contributed by atoms with Crippen LogP contribution in [0.4, 0.5) is 17.2 Å². The molecule has 1 fully saturated rings. The van der Waals surface area contributed by atoms with Gasteiger partial charge in [-0.25, -0.2) is 9.97 Å². The Kier molecular flexibility index (Phi) is 5.96. The summed E-state index contributed by atoms with van der Waals surface area (Å²) in [6.45, 7) is 3.18. The Bertz CT molecular complexity index is 1370. The van der Waals surface area contributed by atoms with Crippen LogP contribution < -0.4 is 25.2 Å². The SMILES string of the molecule is COc1ncc(-c2cc3cc[nH]c(=O)c3c(Nc3ccc(N4CCOCC4)cc3)n2)c(OC)n1. The highest BCUT2D eigenvalue weighted by molar-refractivity contribution is 5.95. The third kappa shape index (κ3) is 4.23. The Morgan fingerprint density at radius 3 is 2.59 bits per heavy atom. The fourth-order valence-corrected chi connectivity index (χ4v) is 3.94. The number of aromatic nitrogens is 4. The van der Waals surface area contributed by atoms with Crippen molar-refractivity contribution in [3.05, 3.63) is 59.1 Å². The molecule has 4 heterocycles. The lowest BCUT2D eigenvalue weighted by Gasteiger charge is -2.28. The zero-order valence-corrected chi connectivity index (χ0v) is 18.9. The third-order valence-electron chi connectivity index (χ3n) is 5.64. The van der Waals surface area contributed by atoms with Crippen LogP contribution in [0.2, 0.25) is 0 Å². The first-order chi connectivity index (χ1) is 16.7. The number of ether oxygens (including phenoxy) is 3. The molecule has 2 N–H and O–H groups in total. The highest BCUT2D eigenvalue weighted by Crippen LogP contribution is 2.32. The van der Waals surface area contributed by atoms with Gasteiger partial charge in [-0.3, -0.25) is 4.79 Å². The molecule has 0 amide bonds. The Hall–Kier alpha value is -4.18. The van der Waals surface area contributed by atoms with Gasteiger partial charge in [0, 0.05) is 36.9 Å². The molecule has 1 aliphatic heterocycles. The van der Waals surface area contributed by atoms with E-state index in [9.17, 15) is 4.79 Å². The summed E-state index contributed by atoms with van der Waals surface area (Å²) in [4.78, 5) is 30.9. The second-order valence-corrected chi connectivity index (χ2v) is 7.68. The van der Waals surface area contributed by atoms with E-state index in [1.807, 2.05) is 36.4 Å². The van der Waals surface area contributed by atoms with Gasteiger partial charge in [-0.1, -0.05) is 0 Å². The summed E-state index contributed by atoms with van der Waals surface area (Å²) in [5, 5.41) is 4.48. The topological polar surface area (TPSA) is 114 Å². The second kappa shape index (κ2) is 9.36. The van der Waals surface area contributed by atoms with Crippen LogP contribution >= 0.6 is 0 Å². The van der Waals surface area contributed by atoms with Gasteiger partial charge in [0.05, 0.1) is 44.1 Å². The molecule has 5 rings (SSSR count). The summed E-state index contributed by atoms with van der Waals surface area (Å²) in [5.74, 6) is 0.746. The zero-order chi connectivity index (χ0) is 23.5. The summed E-state index contributed by atoms with van der Waals surface area (Å²) in [7, 11) is 3.01. The first kappa shape index (κ1) is 21.7. The molecular weight excluding hydrogens is 436 g/mol. The Labute approximate surface area is 195 Å². The van der Waals surface area contributed by atoms with E-state index >= 15 is 0 Å². The number of hydrogen-bond acceptors (Lipinski definition) is 9. The van der Waals surface area contributed by atoms with Crippen molar-refractivity contribution in [1.82, 2.24) is 19.9 Å². The first-order valence-corrected chi connectivity index (χ1v) is 10.8. The molecule has 10 nitrogen and oxygen atoms in total. The number of benzene rings is 1. The van der Waals surface area contributed by atoms with Gasteiger partial charge in [0.15, 0.2) is 0 Å². The lowest BCUT2D eigenvalue weighted by Crippen LogP contribution is -2.36. The number of hydrogen-bond donors (Lipinski definition) is 2. The van der Waals surface area contributed by atoms with Crippen molar-refractivity contribution in [1.29, 1.82) is 0 Å². The molecule has 0 aliphatic carbocycles. The van der Waals surface area contributed by atoms with Crippen LogP contribution in [0.1, 0.15) is 0 Å². The van der Waals surface area contributed by atoms with Crippen LogP contribution in [-0.2, 0) is 4.74 Å². The molecule has 4 aromatic rings. The maximum absolute atomic E-state index is 12.7. The van der Waals surface area contributed by atoms with E-state index in [1.165, 1.54) is 14.2 Å². The van der Waals surface area contributed by atoms with E-state index in [0.29, 0.717) is 28.3 Å². The van der Waals surface area contributed by atoms with E-state index in [0.717, 1.165) is 43.1 Å². The van der Waals surface area contributed by atoms with Crippen molar-refractivity contribution in [3.8, 4) is 23.1 Å². The standard InChI is InChI=1S/C24H24N6O4/c1-32-23-18(14-26-24(29-23)33-2)19-13-15-7-8-25-22(31)20(15)21(28-19)27-16-3-5-17(6-4-16)30-9-11-34-12-10-30/h3-8,13-14H,9-12H2,1-2H3,(H,25,31)(H,27,28). The maximum atomic E-state index is 12.7. The number of nitrogens with one attached hydrogen (secondary N) is 2. The Morgan fingerprint density at radius 1 is 1.06 bits per heavy atom. The molecule has 174 valence electrons. The second-order valence-electron chi connectivity index (χ2n) is 7.68. The smallest absolute Gasteiger partial charge is 0.319 e. The van der Waals surface area contributed by atoms with Crippen molar-refractivity contribution < 1.29 is 14.2 Å². The molecular formula is C24H24N6O4. The molecule has 0 saturated carbocycles. The van der Waals surface area contributed by atoms with Gasteiger partial charge in [0.25, 0.3) is 5.56 Å². The van der Waals surface area contributed by atoms with Gasteiger partial charge in [-0.2, -0.15) is 4.98 Å². The van der Waals surface area contributed by atoms with Gasteiger partial charge < -0.3 is 29.4 Å². The molecule has 0 unspecified atom stereocenters. The van der Waals surface area contributed by atoms with Crippen LogP contribution in [0.25, 0.3) is 22.0 Å². The molecule has 10 heteroatoms. The van der Waals surface area contributed by atoms with E-state index < -0.39 is 0 Å². The lowest BCUT2D eigenvalue weighted by atomic mass is 10.1. The molecule has 0 spiro atoms. The Morgan fingerprint density at radius 2 is 1.85 bits per heavy atom. The average molecular weight is 460 g/mol. The van der Waals surface area contributed by atoms with Crippen molar-refractivity contribution >= 4 is 28.0 Å². The summed E-state index contributed by atoms with van der Waals surface area (Å²) >= 11 is 0. The van der Waals surface area contributed by atoms with Crippen molar-refractivity contribution in [2.45, 2.75) is 0 Å². The predicted molar refractivity (Wildman–Crippen MR) is 129 cm³/mol. The minimum atomic E-state index is -0.234. The van der Waals surface area contributed by atoms with Crippen LogP contribution in [0.15, 0.2) is 53.6 Å². The van der Waals surface area contributed by atoms with Gasteiger partial charge in [0.2, 0.25) is 5.88 Å². The summed E-state index contributed by atoms with van der Waals surface area (Å²) in [6.07, 6.45) is 3.20. The monoisotopic (exact) mass is 460 g/mol. The van der Waals surface area contributed by atoms with Crippen molar-refractivity contribution in [3.63, 3.8) is 0 Å². The number of methoxy groups -OCH3 is 2. The number of H-pyrrole nitrogens is 1. The largest absolute Gasteiger partial charge is 0.480 e. The predicted octanol–water partition coefficient (Wildman–Crippen LogP) is 2.98. The number of nitrogens with zero attached hydrogens (tertiary/aromatic N) is 4. The molecule has 1 saturated heterocycles. The van der Waals surface area contributed by atoms with E-state index in [4.69, 9.17) is 19.2 Å². The van der Waals surface area contributed by atoms with Crippen LogP contribution in [0.3, 0.4) is 0 Å². The summed E-state index contributed by atoms with van der Waals surface area (Å²) < 4.78 is 16.0. The number of pyridine rings is 2. The first-order valence-electron chi connectivity index (χ1n) is 10.8. The Balaban J connectivity index is 1.55. The number of rotatable bonds is 6. The van der Waals surface area contributed by atoms with Crippen LogP contribution in [-0.4, -0.2) is 60.5 Å². The minimum Gasteiger partial charge on any atom is -0.480 e. The average Bonchev–Trinajstić information content (AvgIpc) is 2.89. The number of aromatic amines is 1. The zero-order valence-electron chi connectivity index (χ0n) is 18.9. The normalized spacial score (nSPS) is 13.6.